The molecule has 0 radical (unpaired) electrons. The number of nitrogens with zero attached hydrogens (tertiary/aromatic N) is 4. The first-order valence-corrected chi connectivity index (χ1v) is 14.6. The second kappa shape index (κ2) is 13.4. The Bertz CT molecular complexity index is 1330. The van der Waals surface area contributed by atoms with Crippen LogP contribution in [-0.4, -0.2) is 77.7 Å². The normalized spacial score (nSPS) is 19.9. The number of rotatable bonds is 8. The number of nitro groups is 1. The fourth-order valence-electron chi connectivity index (χ4n) is 5.40. The van der Waals surface area contributed by atoms with E-state index in [1.165, 1.54) is 28.8 Å². The summed E-state index contributed by atoms with van der Waals surface area (Å²) in [5.74, 6) is -0.242. The molecule has 1 aliphatic carbocycles. The summed E-state index contributed by atoms with van der Waals surface area (Å²) in [6.07, 6.45) is 2.12. The monoisotopic (exact) mass is 595 g/mol. The number of carbonyl (C=O) groups is 3. The van der Waals surface area contributed by atoms with E-state index in [1.807, 2.05) is 43.9 Å². The summed E-state index contributed by atoms with van der Waals surface area (Å²) in [6.45, 7) is 7.88. The maximum absolute atomic E-state index is 14.1. The number of hydrogen-bond acceptors (Lipinski definition) is 9. The van der Waals surface area contributed by atoms with E-state index >= 15 is 0 Å². The van der Waals surface area contributed by atoms with Crippen LogP contribution in [0.15, 0.2) is 42.6 Å². The van der Waals surface area contributed by atoms with Crippen molar-refractivity contribution in [2.45, 2.75) is 71.3 Å². The third-order valence-electron chi connectivity index (χ3n) is 8.02. The van der Waals surface area contributed by atoms with Gasteiger partial charge in [0.15, 0.2) is 6.23 Å². The molecule has 4 rings (SSSR count). The zero-order chi connectivity index (χ0) is 31.3. The van der Waals surface area contributed by atoms with Gasteiger partial charge < -0.3 is 30.5 Å². The van der Waals surface area contributed by atoms with E-state index in [2.05, 4.69) is 27.0 Å². The molecule has 4 atom stereocenters. The van der Waals surface area contributed by atoms with Gasteiger partial charge in [-0.25, -0.2) is 9.78 Å². The Morgan fingerprint density at radius 3 is 2.53 bits per heavy atom. The lowest BCUT2D eigenvalue weighted by Crippen LogP contribution is -2.64. The molecule has 1 fully saturated rings. The predicted octanol–water partition coefficient (Wildman–Crippen LogP) is 2.91. The number of amides is 3. The van der Waals surface area contributed by atoms with Gasteiger partial charge in [-0.05, 0) is 55.8 Å². The van der Waals surface area contributed by atoms with Gasteiger partial charge >= 0.3 is 6.09 Å². The van der Waals surface area contributed by atoms with Gasteiger partial charge in [-0.1, -0.05) is 45.0 Å². The van der Waals surface area contributed by atoms with Gasteiger partial charge in [0.1, 0.15) is 18.1 Å². The number of aryl methyl sites for hydroxylation is 1. The predicted molar refractivity (Wildman–Crippen MR) is 160 cm³/mol. The number of likely N-dealkylation sites (N-methyl/N-ethyl adjacent to an activating group) is 1. The van der Waals surface area contributed by atoms with Crippen LogP contribution in [0.5, 0.6) is 0 Å². The van der Waals surface area contributed by atoms with Crippen molar-refractivity contribution in [1.29, 1.82) is 0 Å². The molecule has 13 nitrogen and oxygen atoms in total. The maximum atomic E-state index is 14.1. The zero-order valence-corrected chi connectivity index (χ0v) is 25.3. The Balaban J connectivity index is 1.57. The van der Waals surface area contributed by atoms with Crippen molar-refractivity contribution in [3.05, 3.63) is 63.8 Å². The summed E-state index contributed by atoms with van der Waals surface area (Å²) >= 11 is 0. The van der Waals surface area contributed by atoms with E-state index in [-0.39, 0.29) is 36.6 Å². The molecule has 2 heterocycles. The Kier molecular flexibility index (Phi) is 9.84. The van der Waals surface area contributed by atoms with Crippen LogP contribution < -0.4 is 20.9 Å². The molecule has 1 aromatic carbocycles. The number of nitrogens with one attached hydrogen (secondary N) is 3. The first-order chi connectivity index (χ1) is 20.4. The molecular formula is C30H41N7O6. The number of aromatic nitrogens is 1. The number of fused-ring (bicyclic) bond motifs is 1. The molecule has 2 aromatic rings. The fourth-order valence-corrected chi connectivity index (χ4v) is 5.40. The van der Waals surface area contributed by atoms with Crippen molar-refractivity contribution >= 4 is 29.4 Å². The lowest BCUT2D eigenvalue weighted by molar-refractivity contribution is -0.385. The summed E-state index contributed by atoms with van der Waals surface area (Å²) in [4.78, 5) is 58.3. The molecule has 1 saturated heterocycles. The van der Waals surface area contributed by atoms with Gasteiger partial charge in [-0.15, -0.1) is 0 Å². The molecule has 2 aliphatic rings. The van der Waals surface area contributed by atoms with Gasteiger partial charge in [0.2, 0.25) is 11.8 Å². The number of carbonyl (C=O) groups excluding carboxylic acids is 3. The summed E-state index contributed by atoms with van der Waals surface area (Å²) < 4.78 is 5.95. The Morgan fingerprint density at radius 2 is 1.88 bits per heavy atom. The van der Waals surface area contributed by atoms with Gasteiger partial charge in [0.25, 0.3) is 5.69 Å². The van der Waals surface area contributed by atoms with E-state index in [9.17, 15) is 24.5 Å². The van der Waals surface area contributed by atoms with E-state index < -0.39 is 34.7 Å². The molecule has 3 amide bonds. The molecule has 13 heteroatoms. The summed E-state index contributed by atoms with van der Waals surface area (Å²) in [6, 6.07) is 9.24. The second-order valence-electron chi connectivity index (χ2n) is 12.1. The molecular weight excluding hydrogens is 554 g/mol. The first-order valence-electron chi connectivity index (χ1n) is 14.6. The topological polar surface area (TPSA) is 159 Å². The van der Waals surface area contributed by atoms with Gasteiger partial charge in [0.05, 0.1) is 23.6 Å². The van der Waals surface area contributed by atoms with E-state index in [0.717, 1.165) is 24.8 Å². The molecule has 43 heavy (non-hydrogen) atoms. The lowest BCUT2D eigenvalue weighted by Gasteiger charge is -2.44. The smallest absolute Gasteiger partial charge is 0.409 e. The Hall–Kier alpha value is -4.26. The van der Waals surface area contributed by atoms with Crippen LogP contribution in [0.1, 0.15) is 57.7 Å². The highest BCUT2D eigenvalue weighted by atomic mass is 16.6. The third-order valence-corrected chi connectivity index (χ3v) is 8.02. The van der Waals surface area contributed by atoms with Crippen LogP contribution in [0, 0.1) is 15.5 Å². The van der Waals surface area contributed by atoms with Crippen LogP contribution in [0.4, 0.5) is 16.3 Å². The van der Waals surface area contributed by atoms with Crippen LogP contribution in [0.3, 0.4) is 0 Å². The lowest BCUT2D eigenvalue weighted by atomic mass is 9.85. The number of piperazine rings is 1. The molecule has 4 unspecified atom stereocenters. The minimum atomic E-state index is -1.01. The molecule has 0 saturated carbocycles. The largest absolute Gasteiger partial charge is 0.423 e. The summed E-state index contributed by atoms with van der Waals surface area (Å²) in [5, 5.41) is 19.9. The van der Waals surface area contributed by atoms with Gasteiger partial charge in [0, 0.05) is 19.2 Å². The number of pyridine rings is 1. The minimum absolute atomic E-state index is 0.0863. The highest BCUT2D eigenvalue weighted by Crippen LogP contribution is 2.30. The average molecular weight is 596 g/mol. The molecule has 3 N–H and O–H groups in total. The quantitative estimate of drug-likeness (QED) is 0.308. The second-order valence-corrected chi connectivity index (χ2v) is 12.1. The Morgan fingerprint density at radius 1 is 1.14 bits per heavy atom. The van der Waals surface area contributed by atoms with Crippen LogP contribution >= 0.6 is 0 Å². The standard InChI is InChI=1S/C30H41N7O6/c1-19(31-5)27(38)34-26(30(2,3)4)28(39)36-16-15-35(24-14-13-21(17-32-24)37(41)42)18-25(36)43-29(40)33-23-12-8-10-20-9-6-7-11-22(20)23/h6-7,9,11,13-14,17,19,23,25-26,31H,8,10,12,15-16,18H2,1-5H3,(H,33,40)(H,34,38). The molecule has 1 aromatic heterocycles. The van der Waals surface area contributed by atoms with Crippen LogP contribution in [0.25, 0.3) is 0 Å². The van der Waals surface area contributed by atoms with Crippen molar-refractivity contribution in [3.63, 3.8) is 0 Å². The summed E-state index contributed by atoms with van der Waals surface area (Å²) in [5.41, 5.74) is 1.45. The molecule has 0 bridgehead atoms. The van der Waals surface area contributed by atoms with Crippen LogP contribution in [-0.2, 0) is 20.7 Å². The van der Waals surface area contributed by atoms with Crippen molar-refractivity contribution in [3.8, 4) is 0 Å². The van der Waals surface area contributed by atoms with Gasteiger partial charge in [-0.3, -0.25) is 19.7 Å². The number of hydrogen-bond donors (Lipinski definition) is 3. The van der Waals surface area contributed by atoms with Crippen molar-refractivity contribution in [2.75, 3.05) is 31.6 Å². The molecule has 232 valence electrons. The van der Waals surface area contributed by atoms with Crippen LogP contribution in [0.2, 0.25) is 0 Å². The van der Waals surface area contributed by atoms with E-state index in [0.29, 0.717) is 12.4 Å². The van der Waals surface area contributed by atoms with Crippen molar-refractivity contribution < 1.29 is 24.0 Å². The van der Waals surface area contributed by atoms with E-state index in [1.54, 1.807) is 14.0 Å². The molecule has 0 spiro atoms. The third kappa shape index (κ3) is 7.58. The Labute approximate surface area is 251 Å². The highest BCUT2D eigenvalue weighted by molar-refractivity contribution is 5.90. The fraction of sp³-hybridized carbons (Fsp3) is 0.533. The number of alkyl carbamates (subject to hydrolysis) is 1. The number of ether oxygens (including phenoxy) is 1. The SMILES string of the molecule is CNC(C)C(=O)NC(C(=O)N1CCN(c2ccc([N+](=O)[O-])cn2)CC1OC(=O)NC1CCCc2ccccc21)C(C)(C)C. The maximum Gasteiger partial charge on any atom is 0.409 e. The van der Waals surface area contributed by atoms with Crippen molar-refractivity contribution in [2.24, 2.45) is 5.41 Å². The van der Waals surface area contributed by atoms with E-state index in [4.69, 9.17) is 4.74 Å². The first kappa shape index (κ1) is 31.7. The summed E-state index contributed by atoms with van der Waals surface area (Å²) in [7, 11) is 1.66. The minimum Gasteiger partial charge on any atom is -0.423 e. The number of anilines is 1. The highest BCUT2D eigenvalue weighted by Gasteiger charge is 2.42. The number of benzene rings is 1. The zero-order valence-electron chi connectivity index (χ0n) is 25.3. The van der Waals surface area contributed by atoms with Gasteiger partial charge in [-0.2, -0.15) is 0 Å². The average Bonchev–Trinajstić information content (AvgIpc) is 2.98. The molecule has 1 aliphatic heterocycles. The van der Waals surface area contributed by atoms with Crippen molar-refractivity contribution in [1.82, 2.24) is 25.8 Å².